The van der Waals surface area contributed by atoms with E-state index < -0.39 is 5.60 Å². The summed E-state index contributed by atoms with van der Waals surface area (Å²) in [5.74, 6) is 0.471. The van der Waals surface area contributed by atoms with Gasteiger partial charge in [0, 0.05) is 12.0 Å². The molecule has 0 radical (unpaired) electrons. The monoisotopic (exact) mass is 411 g/mol. The molecule has 4 heteroatoms. The molecule has 2 aromatic carbocycles. The molecule has 2 unspecified atom stereocenters. The maximum atomic E-state index is 12.0. The van der Waals surface area contributed by atoms with Gasteiger partial charge in [0.15, 0.2) is 0 Å². The molecule has 2 aromatic rings. The lowest BCUT2D eigenvalue weighted by Gasteiger charge is -2.22. The van der Waals surface area contributed by atoms with Gasteiger partial charge in [0.05, 0.1) is 13.2 Å². The molecule has 0 spiro atoms. The molecule has 1 N–H and O–H groups in total. The fourth-order valence-corrected chi connectivity index (χ4v) is 3.77. The van der Waals surface area contributed by atoms with Crippen molar-refractivity contribution in [3.05, 3.63) is 71.8 Å². The molecule has 1 aliphatic carbocycles. The van der Waals surface area contributed by atoms with E-state index in [9.17, 15) is 4.79 Å². The SMILES string of the molecule is CC.CC(C)(C)OC(=O)NCCC1(c2ccccc2)CC1COCc1ccccc1. The van der Waals surface area contributed by atoms with Crippen LogP contribution in [0.4, 0.5) is 4.79 Å². The van der Waals surface area contributed by atoms with Crippen molar-refractivity contribution in [3.8, 4) is 0 Å². The summed E-state index contributed by atoms with van der Waals surface area (Å²) in [6.45, 7) is 11.6. The van der Waals surface area contributed by atoms with Crippen molar-refractivity contribution < 1.29 is 14.3 Å². The molecule has 1 aliphatic rings. The lowest BCUT2D eigenvalue weighted by molar-refractivity contribution is 0.0525. The number of rotatable bonds is 8. The van der Waals surface area contributed by atoms with Crippen LogP contribution in [0, 0.1) is 5.92 Å². The lowest BCUT2D eigenvalue weighted by Crippen LogP contribution is -2.34. The number of carbonyl (C=O) groups is 1. The maximum absolute atomic E-state index is 12.0. The van der Waals surface area contributed by atoms with E-state index in [4.69, 9.17) is 9.47 Å². The van der Waals surface area contributed by atoms with Crippen LogP contribution >= 0.6 is 0 Å². The number of ether oxygens (including phenoxy) is 2. The van der Waals surface area contributed by atoms with E-state index >= 15 is 0 Å². The van der Waals surface area contributed by atoms with Crippen molar-refractivity contribution in [2.75, 3.05) is 13.2 Å². The molecular weight excluding hydrogens is 374 g/mol. The van der Waals surface area contributed by atoms with Gasteiger partial charge in [-0.25, -0.2) is 4.79 Å². The summed E-state index contributed by atoms with van der Waals surface area (Å²) in [4.78, 5) is 12.0. The predicted molar refractivity (Wildman–Crippen MR) is 123 cm³/mol. The molecule has 2 atom stereocenters. The Morgan fingerprint density at radius 2 is 1.63 bits per heavy atom. The van der Waals surface area contributed by atoms with Gasteiger partial charge in [0.2, 0.25) is 0 Å². The van der Waals surface area contributed by atoms with Crippen molar-refractivity contribution in [2.45, 2.75) is 65.1 Å². The van der Waals surface area contributed by atoms with Gasteiger partial charge in [-0.15, -0.1) is 0 Å². The number of hydrogen-bond acceptors (Lipinski definition) is 3. The van der Waals surface area contributed by atoms with Gasteiger partial charge in [-0.2, -0.15) is 0 Å². The maximum Gasteiger partial charge on any atom is 0.407 e. The minimum absolute atomic E-state index is 0.0763. The molecule has 1 saturated carbocycles. The van der Waals surface area contributed by atoms with Crippen LogP contribution in [-0.4, -0.2) is 24.8 Å². The third-order valence-corrected chi connectivity index (χ3v) is 5.25. The minimum Gasteiger partial charge on any atom is -0.444 e. The molecule has 1 amide bonds. The normalized spacial score (nSPS) is 20.0. The number of nitrogens with one attached hydrogen (secondary N) is 1. The van der Waals surface area contributed by atoms with E-state index in [1.807, 2.05) is 58.9 Å². The number of hydrogen-bond donors (Lipinski definition) is 1. The number of carbonyl (C=O) groups excluding carboxylic acids is 1. The Kier molecular flexibility index (Phi) is 8.91. The molecule has 0 saturated heterocycles. The molecule has 0 aromatic heterocycles. The Balaban J connectivity index is 0.00000155. The average molecular weight is 412 g/mol. The summed E-state index contributed by atoms with van der Waals surface area (Å²) in [5.41, 5.74) is 2.12. The predicted octanol–water partition coefficient (Wildman–Crippen LogP) is 6.10. The van der Waals surface area contributed by atoms with Crippen molar-refractivity contribution >= 4 is 6.09 Å². The van der Waals surface area contributed by atoms with Crippen LogP contribution in [0.5, 0.6) is 0 Å². The first-order valence-corrected chi connectivity index (χ1v) is 11.0. The second kappa shape index (κ2) is 11.2. The molecule has 3 rings (SSSR count). The largest absolute Gasteiger partial charge is 0.444 e. The molecule has 4 nitrogen and oxygen atoms in total. The third-order valence-electron chi connectivity index (χ3n) is 5.25. The zero-order valence-corrected chi connectivity index (χ0v) is 19.1. The summed E-state index contributed by atoms with van der Waals surface area (Å²) in [6, 6.07) is 20.8. The first-order chi connectivity index (χ1) is 14.4. The van der Waals surface area contributed by atoms with Gasteiger partial charge in [-0.3, -0.25) is 0 Å². The molecule has 30 heavy (non-hydrogen) atoms. The Labute approximate surface area is 182 Å². The molecule has 0 aliphatic heterocycles. The van der Waals surface area contributed by atoms with E-state index in [2.05, 4.69) is 41.7 Å². The highest BCUT2D eigenvalue weighted by atomic mass is 16.6. The first kappa shape index (κ1) is 23.9. The smallest absolute Gasteiger partial charge is 0.407 e. The number of benzene rings is 2. The van der Waals surface area contributed by atoms with Crippen LogP contribution in [-0.2, 0) is 21.5 Å². The van der Waals surface area contributed by atoms with E-state index in [0.29, 0.717) is 19.1 Å². The van der Waals surface area contributed by atoms with Gasteiger partial charge < -0.3 is 14.8 Å². The summed E-state index contributed by atoms with van der Waals surface area (Å²) in [5, 5.41) is 2.91. The highest BCUT2D eigenvalue weighted by Gasteiger charge is 2.54. The Morgan fingerprint density at radius 3 is 2.23 bits per heavy atom. The van der Waals surface area contributed by atoms with Crippen molar-refractivity contribution in [1.29, 1.82) is 0 Å². The van der Waals surface area contributed by atoms with Crippen LogP contribution in [0.3, 0.4) is 0 Å². The van der Waals surface area contributed by atoms with E-state index in [1.54, 1.807) is 0 Å². The molecular formula is C26H37NO3. The fourth-order valence-electron chi connectivity index (χ4n) is 3.77. The quantitative estimate of drug-likeness (QED) is 0.571. The number of amides is 1. The molecule has 1 fully saturated rings. The standard InChI is InChI=1S/C24H31NO3.C2H6/c1-23(2,3)28-22(26)25-15-14-24(20-12-8-5-9-13-20)16-21(24)18-27-17-19-10-6-4-7-11-19;1-2/h4-13,21H,14-18H2,1-3H3,(H,25,26);1-2H3. The topological polar surface area (TPSA) is 47.6 Å². The molecule has 164 valence electrons. The summed E-state index contributed by atoms with van der Waals surface area (Å²) >= 11 is 0. The Bertz CT molecular complexity index is 755. The second-order valence-corrected chi connectivity index (χ2v) is 8.60. The fraction of sp³-hybridized carbons (Fsp3) is 0.500. The minimum atomic E-state index is -0.478. The molecule has 0 heterocycles. The first-order valence-electron chi connectivity index (χ1n) is 11.0. The van der Waals surface area contributed by atoms with Gasteiger partial charge in [-0.1, -0.05) is 74.5 Å². The zero-order valence-electron chi connectivity index (χ0n) is 19.1. The highest BCUT2D eigenvalue weighted by Crippen LogP contribution is 2.56. The van der Waals surface area contributed by atoms with Crippen molar-refractivity contribution in [2.24, 2.45) is 5.92 Å². The summed E-state index contributed by atoms with van der Waals surface area (Å²) < 4.78 is 11.3. The molecule has 0 bridgehead atoms. The van der Waals surface area contributed by atoms with Crippen LogP contribution in [0.15, 0.2) is 60.7 Å². The number of alkyl carbamates (subject to hydrolysis) is 1. The second-order valence-electron chi connectivity index (χ2n) is 8.60. The van der Waals surface area contributed by atoms with Gasteiger partial charge >= 0.3 is 6.09 Å². The zero-order chi connectivity index (χ0) is 22.0. The third kappa shape index (κ3) is 7.17. The van der Waals surface area contributed by atoms with Gasteiger partial charge in [0.25, 0.3) is 0 Å². The van der Waals surface area contributed by atoms with Crippen molar-refractivity contribution in [3.63, 3.8) is 0 Å². The van der Waals surface area contributed by atoms with Crippen LogP contribution in [0.25, 0.3) is 0 Å². The highest BCUT2D eigenvalue weighted by molar-refractivity contribution is 5.67. The van der Waals surface area contributed by atoms with E-state index in [-0.39, 0.29) is 11.5 Å². The summed E-state index contributed by atoms with van der Waals surface area (Å²) in [6.07, 6.45) is 1.62. The Morgan fingerprint density at radius 1 is 1.03 bits per heavy atom. The Hall–Kier alpha value is -2.33. The van der Waals surface area contributed by atoms with Crippen LogP contribution < -0.4 is 5.32 Å². The van der Waals surface area contributed by atoms with Gasteiger partial charge in [0.1, 0.15) is 5.60 Å². The summed E-state index contributed by atoms with van der Waals surface area (Å²) in [7, 11) is 0. The lowest BCUT2D eigenvalue weighted by atomic mass is 9.90. The van der Waals surface area contributed by atoms with Crippen LogP contribution in [0.2, 0.25) is 0 Å². The van der Waals surface area contributed by atoms with Crippen LogP contribution in [0.1, 0.15) is 58.6 Å². The van der Waals surface area contributed by atoms with E-state index in [0.717, 1.165) is 19.4 Å². The van der Waals surface area contributed by atoms with Gasteiger partial charge in [-0.05, 0) is 50.7 Å². The van der Waals surface area contributed by atoms with Crippen molar-refractivity contribution in [1.82, 2.24) is 5.32 Å². The van der Waals surface area contributed by atoms with E-state index in [1.165, 1.54) is 11.1 Å². The average Bonchev–Trinajstić information content (AvgIpc) is 3.44.